The van der Waals surface area contributed by atoms with Crippen molar-refractivity contribution in [2.24, 2.45) is 0 Å². The van der Waals surface area contributed by atoms with E-state index in [2.05, 4.69) is 53.1 Å². The maximum Gasteiger partial charge on any atom is 0.161 e. The molecule has 0 aliphatic carbocycles. The van der Waals surface area contributed by atoms with E-state index in [1.54, 1.807) is 7.11 Å². The monoisotopic (exact) mass is 386 g/mol. The highest BCUT2D eigenvalue weighted by atomic mass is 16.5. The second kappa shape index (κ2) is 9.28. The van der Waals surface area contributed by atoms with E-state index in [1.165, 1.54) is 11.1 Å². The predicted molar refractivity (Wildman–Crippen MR) is 117 cm³/mol. The minimum Gasteiger partial charge on any atom is -0.493 e. The fourth-order valence-corrected chi connectivity index (χ4v) is 3.61. The second-order valence-electron chi connectivity index (χ2n) is 7.01. The summed E-state index contributed by atoms with van der Waals surface area (Å²) in [5, 5.41) is 0. The maximum atomic E-state index is 5.95. The molecule has 0 bridgehead atoms. The van der Waals surface area contributed by atoms with Crippen LogP contribution < -0.4 is 9.47 Å². The zero-order valence-corrected chi connectivity index (χ0v) is 16.8. The Morgan fingerprint density at radius 1 is 0.793 bits per heavy atom. The molecule has 0 N–H and O–H groups in total. The first-order valence-electron chi connectivity index (χ1n) is 10.1. The molecule has 0 spiro atoms. The molecule has 0 fully saturated rings. The summed E-state index contributed by atoms with van der Waals surface area (Å²) >= 11 is 0. The van der Waals surface area contributed by atoms with E-state index in [0.717, 1.165) is 48.6 Å². The highest BCUT2D eigenvalue weighted by Gasteiger charge is 2.11. The van der Waals surface area contributed by atoms with Crippen LogP contribution in [0.15, 0.2) is 78.9 Å². The largest absolute Gasteiger partial charge is 0.493 e. The lowest BCUT2D eigenvalue weighted by atomic mass is 10.1. The van der Waals surface area contributed by atoms with Crippen LogP contribution in [0.1, 0.15) is 17.8 Å². The lowest BCUT2D eigenvalue weighted by Crippen LogP contribution is -2.09. The number of aryl methyl sites for hydroxylation is 3. The first-order chi connectivity index (χ1) is 14.3. The van der Waals surface area contributed by atoms with E-state index >= 15 is 0 Å². The molecule has 148 valence electrons. The minimum atomic E-state index is 0.630. The van der Waals surface area contributed by atoms with E-state index in [1.807, 2.05) is 30.3 Å². The molecule has 0 saturated heterocycles. The zero-order valence-electron chi connectivity index (χ0n) is 16.8. The lowest BCUT2D eigenvalue weighted by Gasteiger charge is -2.12. The summed E-state index contributed by atoms with van der Waals surface area (Å²) < 4.78 is 13.6. The molecule has 4 nitrogen and oxygen atoms in total. The third kappa shape index (κ3) is 4.60. The van der Waals surface area contributed by atoms with E-state index in [-0.39, 0.29) is 0 Å². The lowest BCUT2D eigenvalue weighted by molar-refractivity contribution is 0.282. The van der Waals surface area contributed by atoms with Gasteiger partial charge in [-0.05, 0) is 42.7 Å². The molecule has 0 aliphatic rings. The second-order valence-corrected chi connectivity index (χ2v) is 7.01. The standard InChI is InChI=1S/C25H26N2O2/c1-28-23-14-7-8-15-24(23)29-19-9-18-27-22-13-6-5-12-21(22)26-25(27)17-16-20-10-3-2-4-11-20/h2-8,10-15H,9,16-19H2,1H3. The van der Waals surface area contributed by atoms with Crippen molar-refractivity contribution < 1.29 is 9.47 Å². The average molecular weight is 386 g/mol. The summed E-state index contributed by atoms with van der Waals surface area (Å²) in [6, 6.07) is 26.7. The Balaban J connectivity index is 1.44. The van der Waals surface area contributed by atoms with Gasteiger partial charge in [-0.15, -0.1) is 0 Å². The quantitative estimate of drug-likeness (QED) is 0.366. The number of benzene rings is 3. The third-order valence-electron chi connectivity index (χ3n) is 5.07. The number of imidazole rings is 1. The van der Waals surface area contributed by atoms with Crippen molar-refractivity contribution in [3.8, 4) is 11.5 Å². The number of hydrogen-bond donors (Lipinski definition) is 0. The fraction of sp³-hybridized carbons (Fsp3) is 0.240. The van der Waals surface area contributed by atoms with Crippen molar-refractivity contribution in [2.45, 2.75) is 25.8 Å². The van der Waals surface area contributed by atoms with Crippen molar-refractivity contribution in [3.05, 3.63) is 90.3 Å². The molecule has 29 heavy (non-hydrogen) atoms. The van der Waals surface area contributed by atoms with Crippen LogP contribution in [0.25, 0.3) is 11.0 Å². The molecule has 0 amide bonds. The van der Waals surface area contributed by atoms with Crippen LogP contribution in [0.3, 0.4) is 0 Å². The molecule has 4 heteroatoms. The van der Waals surface area contributed by atoms with Crippen molar-refractivity contribution in [2.75, 3.05) is 13.7 Å². The SMILES string of the molecule is COc1ccccc1OCCCn1c(CCc2ccccc2)nc2ccccc21. The Morgan fingerprint density at radius 3 is 2.34 bits per heavy atom. The van der Waals surface area contributed by atoms with Gasteiger partial charge in [0.1, 0.15) is 5.82 Å². The average Bonchev–Trinajstić information content (AvgIpc) is 3.14. The van der Waals surface area contributed by atoms with Gasteiger partial charge in [0.05, 0.1) is 24.8 Å². The van der Waals surface area contributed by atoms with Crippen LogP contribution in [-0.4, -0.2) is 23.3 Å². The summed E-state index contributed by atoms with van der Waals surface area (Å²) in [5.74, 6) is 2.69. The number of hydrogen-bond acceptors (Lipinski definition) is 3. The smallest absolute Gasteiger partial charge is 0.161 e. The zero-order chi connectivity index (χ0) is 19.9. The van der Waals surface area contributed by atoms with Gasteiger partial charge in [0.15, 0.2) is 11.5 Å². The molecule has 1 aromatic heterocycles. The van der Waals surface area contributed by atoms with Crippen LogP contribution >= 0.6 is 0 Å². The molecule has 3 aromatic carbocycles. The Bertz CT molecular complexity index is 1060. The van der Waals surface area contributed by atoms with Gasteiger partial charge < -0.3 is 14.0 Å². The Kier molecular flexibility index (Phi) is 6.10. The van der Waals surface area contributed by atoms with Gasteiger partial charge in [-0.3, -0.25) is 0 Å². The van der Waals surface area contributed by atoms with Crippen molar-refractivity contribution in [3.63, 3.8) is 0 Å². The first-order valence-corrected chi connectivity index (χ1v) is 10.1. The number of nitrogens with zero attached hydrogens (tertiary/aromatic N) is 2. The molecule has 0 saturated carbocycles. The van der Waals surface area contributed by atoms with Crippen LogP contribution in [0.5, 0.6) is 11.5 Å². The predicted octanol–water partition coefficient (Wildman–Crippen LogP) is 5.30. The first kappa shape index (κ1) is 19.1. The van der Waals surface area contributed by atoms with Gasteiger partial charge in [0.2, 0.25) is 0 Å². The molecule has 0 radical (unpaired) electrons. The Labute approximate surface area is 171 Å². The Morgan fingerprint density at radius 2 is 1.52 bits per heavy atom. The molecule has 0 aliphatic heterocycles. The van der Waals surface area contributed by atoms with E-state index in [0.29, 0.717) is 6.61 Å². The summed E-state index contributed by atoms with van der Waals surface area (Å²) in [6.45, 7) is 1.50. The highest BCUT2D eigenvalue weighted by Crippen LogP contribution is 2.26. The summed E-state index contributed by atoms with van der Waals surface area (Å²) in [7, 11) is 1.67. The van der Waals surface area contributed by atoms with Gasteiger partial charge >= 0.3 is 0 Å². The fourth-order valence-electron chi connectivity index (χ4n) is 3.61. The molecular formula is C25H26N2O2. The van der Waals surface area contributed by atoms with Crippen LogP contribution in [0.2, 0.25) is 0 Å². The molecule has 0 atom stereocenters. The number of aromatic nitrogens is 2. The van der Waals surface area contributed by atoms with Crippen LogP contribution in [0, 0.1) is 0 Å². The van der Waals surface area contributed by atoms with Gasteiger partial charge in [-0.1, -0.05) is 54.6 Å². The maximum absolute atomic E-state index is 5.95. The molecule has 1 heterocycles. The minimum absolute atomic E-state index is 0.630. The van der Waals surface area contributed by atoms with E-state index in [4.69, 9.17) is 14.5 Å². The number of rotatable bonds is 9. The summed E-state index contributed by atoms with van der Waals surface area (Å²) in [6.07, 6.45) is 2.81. The molecule has 0 unspecified atom stereocenters. The van der Waals surface area contributed by atoms with E-state index in [9.17, 15) is 0 Å². The van der Waals surface area contributed by atoms with Gasteiger partial charge in [0.25, 0.3) is 0 Å². The van der Waals surface area contributed by atoms with Gasteiger partial charge in [-0.25, -0.2) is 4.98 Å². The van der Waals surface area contributed by atoms with Crippen molar-refractivity contribution >= 4 is 11.0 Å². The molecular weight excluding hydrogens is 360 g/mol. The van der Waals surface area contributed by atoms with Gasteiger partial charge in [0, 0.05) is 13.0 Å². The Hall–Kier alpha value is -3.27. The normalized spacial score (nSPS) is 10.9. The number of para-hydroxylation sites is 4. The number of methoxy groups -OCH3 is 1. The molecule has 4 aromatic rings. The third-order valence-corrected chi connectivity index (χ3v) is 5.07. The van der Waals surface area contributed by atoms with Crippen molar-refractivity contribution in [1.82, 2.24) is 9.55 Å². The summed E-state index contributed by atoms with van der Waals surface area (Å²) in [5.41, 5.74) is 3.58. The van der Waals surface area contributed by atoms with Crippen molar-refractivity contribution in [1.29, 1.82) is 0 Å². The van der Waals surface area contributed by atoms with E-state index < -0.39 is 0 Å². The van der Waals surface area contributed by atoms with Crippen LogP contribution in [-0.2, 0) is 19.4 Å². The highest BCUT2D eigenvalue weighted by molar-refractivity contribution is 5.75. The molecule has 4 rings (SSSR count). The van der Waals surface area contributed by atoms with Crippen LogP contribution in [0.4, 0.5) is 0 Å². The number of ether oxygens (including phenoxy) is 2. The topological polar surface area (TPSA) is 36.3 Å². The summed E-state index contributed by atoms with van der Waals surface area (Å²) in [4.78, 5) is 4.89. The van der Waals surface area contributed by atoms with Gasteiger partial charge in [-0.2, -0.15) is 0 Å². The number of fused-ring (bicyclic) bond motifs is 1.